The summed E-state index contributed by atoms with van der Waals surface area (Å²) in [5.41, 5.74) is 1.91. The number of benzene rings is 1. The van der Waals surface area contributed by atoms with Crippen molar-refractivity contribution in [3.63, 3.8) is 0 Å². The summed E-state index contributed by atoms with van der Waals surface area (Å²) in [6, 6.07) is 7.73. The predicted molar refractivity (Wildman–Crippen MR) is 82.2 cm³/mol. The Morgan fingerprint density at radius 3 is 2.89 bits per heavy atom. The molecule has 0 saturated carbocycles. The standard InChI is InChI=1S/C12H13N3OS3/c1-8-5-3-4-6-9(8)13-10(16)7-18-12-14-11(17-2)15-19-12/h3-6H,7H2,1-2H3,(H,13,16). The summed E-state index contributed by atoms with van der Waals surface area (Å²) in [5.74, 6) is 0.317. The van der Waals surface area contributed by atoms with E-state index in [9.17, 15) is 4.79 Å². The summed E-state index contributed by atoms with van der Waals surface area (Å²) in [4.78, 5) is 16.1. The van der Waals surface area contributed by atoms with Gasteiger partial charge in [0.05, 0.1) is 5.75 Å². The number of para-hydroxylation sites is 1. The lowest BCUT2D eigenvalue weighted by Crippen LogP contribution is -2.14. The van der Waals surface area contributed by atoms with Gasteiger partial charge in [0, 0.05) is 5.69 Å². The molecular formula is C12H13N3OS3. The smallest absolute Gasteiger partial charge is 0.234 e. The Balaban J connectivity index is 1.86. The molecule has 0 fully saturated rings. The normalized spacial score (nSPS) is 10.4. The van der Waals surface area contributed by atoms with Crippen LogP contribution in [0, 0.1) is 6.92 Å². The van der Waals surface area contributed by atoms with Gasteiger partial charge >= 0.3 is 0 Å². The van der Waals surface area contributed by atoms with Crippen molar-refractivity contribution in [3.8, 4) is 0 Å². The predicted octanol–water partition coefficient (Wildman–Crippen LogP) is 3.30. The minimum atomic E-state index is -0.0276. The lowest BCUT2D eigenvalue weighted by atomic mass is 10.2. The van der Waals surface area contributed by atoms with Gasteiger partial charge in [-0.15, -0.1) is 0 Å². The molecule has 1 N–H and O–H groups in total. The number of thioether (sulfide) groups is 2. The maximum atomic E-state index is 11.8. The second-order valence-corrected chi connectivity index (χ2v) is 6.45. The quantitative estimate of drug-likeness (QED) is 0.859. The molecule has 100 valence electrons. The molecule has 1 aromatic carbocycles. The number of hydrogen-bond acceptors (Lipinski definition) is 6. The maximum absolute atomic E-state index is 11.8. The van der Waals surface area contributed by atoms with Crippen LogP contribution in [0.4, 0.5) is 5.69 Å². The van der Waals surface area contributed by atoms with Crippen molar-refractivity contribution in [3.05, 3.63) is 29.8 Å². The molecular weight excluding hydrogens is 298 g/mol. The number of carbonyl (C=O) groups excluding carboxylic acids is 1. The Morgan fingerprint density at radius 1 is 1.42 bits per heavy atom. The molecule has 4 nitrogen and oxygen atoms in total. The zero-order valence-electron chi connectivity index (χ0n) is 10.5. The fraction of sp³-hybridized carbons (Fsp3) is 0.250. The Hall–Kier alpha value is -1.05. The topological polar surface area (TPSA) is 54.9 Å². The van der Waals surface area contributed by atoms with Gasteiger partial charge in [-0.3, -0.25) is 4.79 Å². The van der Waals surface area contributed by atoms with Gasteiger partial charge in [-0.1, -0.05) is 41.7 Å². The van der Waals surface area contributed by atoms with Crippen molar-refractivity contribution in [1.82, 2.24) is 9.36 Å². The molecule has 0 aliphatic rings. The van der Waals surface area contributed by atoms with E-state index in [2.05, 4.69) is 14.7 Å². The van der Waals surface area contributed by atoms with Gasteiger partial charge in [-0.05, 0) is 36.3 Å². The van der Waals surface area contributed by atoms with E-state index >= 15 is 0 Å². The highest BCUT2D eigenvalue weighted by Gasteiger charge is 2.08. The van der Waals surface area contributed by atoms with Crippen LogP contribution in [0.5, 0.6) is 0 Å². The van der Waals surface area contributed by atoms with Gasteiger partial charge in [0.15, 0.2) is 4.34 Å². The van der Waals surface area contributed by atoms with Gasteiger partial charge in [0.25, 0.3) is 0 Å². The summed E-state index contributed by atoms with van der Waals surface area (Å²) in [7, 11) is 0. The fourth-order valence-corrected chi connectivity index (χ4v) is 3.37. The third kappa shape index (κ3) is 4.22. The van der Waals surface area contributed by atoms with Gasteiger partial charge in [0.2, 0.25) is 11.1 Å². The number of amides is 1. The van der Waals surface area contributed by atoms with E-state index in [4.69, 9.17) is 0 Å². The van der Waals surface area contributed by atoms with Crippen LogP contribution in [0.15, 0.2) is 33.8 Å². The largest absolute Gasteiger partial charge is 0.325 e. The third-order valence-corrected chi connectivity index (χ3v) is 4.81. The first-order valence-electron chi connectivity index (χ1n) is 5.55. The van der Waals surface area contributed by atoms with Crippen LogP contribution >= 0.6 is 35.1 Å². The number of anilines is 1. The zero-order chi connectivity index (χ0) is 13.7. The molecule has 0 spiro atoms. The lowest BCUT2D eigenvalue weighted by Gasteiger charge is -2.06. The summed E-state index contributed by atoms with van der Waals surface area (Å²) in [6.45, 7) is 1.97. The van der Waals surface area contributed by atoms with Crippen LogP contribution in [0.3, 0.4) is 0 Å². The number of nitrogens with one attached hydrogen (secondary N) is 1. The van der Waals surface area contributed by atoms with Gasteiger partial charge in [0.1, 0.15) is 0 Å². The average Bonchev–Trinajstić information content (AvgIpc) is 2.87. The molecule has 1 heterocycles. The highest BCUT2D eigenvalue weighted by Crippen LogP contribution is 2.23. The van der Waals surface area contributed by atoms with Gasteiger partial charge in [-0.25, -0.2) is 4.98 Å². The second kappa shape index (κ2) is 6.93. The van der Waals surface area contributed by atoms with Crippen LogP contribution in [-0.2, 0) is 4.79 Å². The highest BCUT2D eigenvalue weighted by molar-refractivity contribution is 8.01. The molecule has 0 saturated heterocycles. The van der Waals surface area contributed by atoms with Crippen molar-refractivity contribution < 1.29 is 4.79 Å². The first-order valence-corrected chi connectivity index (χ1v) is 8.53. The third-order valence-electron chi connectivity index (χ3n) is 2.32. The van der Waals surface area contributed by atoms with Crippen LogP contribution < -0.4 is 5.32 Å². The summed E-state index contributed by atoms with van der Waals surface area (Å²) < 4.78 is 4.98. The van der Waals surface area contributed by atoms with Crippen LogP contribution in [-0.4, -0.2) is 27.3 Å². The molecule has 2 rings (SSSR count). The fourth-order valence-electron chi connectivity index (χ4n) is 1.37. The number of aromatic nitrogens is 2. The molecule has 0 aliphatic carbocycles. The van der Waals surface area contributed by atoms with Crippen LogP contribution in [0.1, 0.15) is 5.56 Å². The molecule has 0 atom stereocenters. The number of nitrogens with zero attached hydrogens (tertiary/aromatic N) is 2. The van der Waals surface area contributed by atoms with Crippen molar-refractivity contribution in [1.29, 1.82) is 0 Å². The summed E-state index contributed by atoms with van der Waals surface area (Å²) in [6.07, 6.45) is 1.93. The van der Waals surface area contributed by atoms with Crippen molar-refractivity contribution in [2.45, 2.75) is 16.4 Å². The molecule has 0 bridgehead atoms. The van der Waals surface area contributed by atoms with E-state index in [0.29, 0.717) is 5.75 Å². The molecule has 0 radical (unpaired) electrons. The van der Waals surface area contributed by atoms with Crippen molar-refractivity contribution in [2.24, 2.45) is 0 Å². The average molecular weight is 311 g/mol. The van der Waals surface area contributed by atoms with E-state index in [1.54, 1.807) is 0 Å². The Morgan fingerprint density at radius 2 is 2.21 bits per heavy atom. The maximum Gasteiger partial charge on any atom is 0.234 e. The van der Waals surface area contributed by atoms with Crippen LogP contribution in [0.2, 0.25) is 0 Å². The summed E-state index contributed by atoms with van der Waals surface area (Å²) in [5, 5.41) is 3.65. The molecule has 7 heteroatoms. The molecule has 0 aliphatic heterocycles. The van der Waals surface area contributed by atoms with Crippen molar-refractivity contribution in [2.75, 3.05) is 17.3 Å². The lowest BCUT2D eigenvalue weighted by molar-refractivity contribution is -0.113. The molecule has 0 unspecified atom stereocenters. The Kier molecular flexibility index (Phi) is 5.24. The van der Waals surface area contributed by atoms with Crippen LogP contribution in [0.25, 0.3) is 0 Å². The number of carbonyl (C=O) groups is 1. The first-order chi connectivity index (χ1) is 9.19. The van der Waals surface area contributed by atoms with E-state index in [1.165, 1.54) is 35.1 Å². The minimum absolute atomic E-state index is 0.0276. The Bertz CT molecular complexity index is 571. The minimum Gasteiger partial charge on any atom is -0.325 e. The summed E-state index contributed by atoms with van der Waals surface area (Å²) >= 11 is 4.24. The molecule has 2 aromatic rings. The van der Waals surface area contributed by atoms with E-state index in [1.807, 2.05) is 37.4 Å². The molecule has 1 amide bonds. The Labute approximate surface area is 124 Å². The monoisotopic (exact) mass is 311 g/mol. The SMILES string of the molecule is CSc1nsc(SCC(=O)Nc2ccccc2C)n1. The van der Waals surface area contributed by atoms with Gasteiger partial charge in [-0.2, -0.15) is 4.37 Å². The van der Waals surface area contributed by atoms with Gasteiger partial charge < -0.3 is 5.32 Å². The second-order valence-electron chi connectivity index (χ2n) is 3.70. The molecule has 1 aromatic heterocycles. The number of aryl methyl sites for hydroxylation is 1. The first kappa shape index (κ1) is 14.4. The number of rotatable bonds is 5. The zero-order valence-corrected chi connectivity index (χ0v) is 13.0. The molecule has 19 heavy (non-hydrogen) atoms. The highest BCUT2D eigenvalue weighted by atomic mass is 32.2. The van der Waals surface area contributed by atoms with Crippen molar-refractivity contribution >= 4 is 46.7 Å². The number of hydrogen-bond donors (Lipinski definition) is 1. The van der Waals surface area contributed by atoms with E-state index < -0.39 is 0 Å². The van der Waals surface area contributed by atoms with E-state index in [-0.39, 0.29) is 5.91 Å². The van der Waals surface area contributed by atoms with E-state index in [0.717, 1.165) is 20.7 Å².